The second-order valence-electron chi connectivity index (χ2n) is 4.66. The van der Waals surface area contributed by atoms with Gasteiger partial charge in [0.25, 0.3) is 0 Å². The first-order valence-electron chi connectivity index (χ1n) is 5.83. The maximum atomic E-state index is 10.3. The smallest absolute Gasteiger partial charge is 0.284 e. The molecule has 16 heavy (non-hydrogen) atoms. The van der Waals surface area contributed by atoms with E-state index in [1.807, 2.05) is 24.3 Å². The van der Waals surface area contributed by atoms with Crippen LogP contribution in [0, 0.1) is 0 Å². The van der Waals surface area contributed by atoms with Crippen molar-refractivity contribution in [2.45, 2.75) is 37.8 Å². The number of hydroxylamine groups is 2. The van der Waals surface area contributed by atoms with E-state index >= 15 is 0 Å². The van der Waals surface area contributed by atoms with E-state index in [9.17, 15) is 10.4 Å². The van der Waals surface area contributed by atoms with E-state index in [-0.39, 0.29) is 0 Å². The summed E-state index contributed by atoms with van der Waals surface area (Å²) in [7, 11) is 0. The third kappa shape index (κ3) is 1.04. The molecular formula is C12H16N2O2+2. The molecule has 3 rings (SSSR count). The summed E-state index contributed by atoms with van der Waals surface area (Å²) in [5.41, 5.74) is -0.623. The Hall–Kier alpha value is -1.58. The zero-order valence-corrected chi connectivity index (χ0v) is 9.13. The summed E-state index contributed by atoms with van der Waals surface area (Å²) in [5.74, 6) is 0. The lowest BCUT2D eigenvalue weighted by atomic mass is 9.90. The minimum Gasteiger partial charge on any atom is -0.284 e. The molecule has 4 nitrogen and oxygen atoms in total. The van der Waals surface area contributed by atoms with Gasteiger partial charge in [-0.25, -0.2) is 0 Å². The van der Waals surface area contributed by atoms with Crippen LogP contribution < -0.4 is 20.2 Å². The number of para-hydroxylation sites is 2. The molecule has 1 aromatic carbocycles. The Morgan fingerprint density at radius 2 is 1.38 bits per heavy atom. The summed E-state index contributed by atoms with van der Waals surface area (Å²) in [6.45, 7) is 0. The van der Waals surface area contributed by atoms with Gasteiger partial charge in [0.2, 0.25) is 0 Å². The maximum Gasteiger partial charge on any atom is 0.441 e. The van der Waals surface area contributed by atoms with E-state index in [0.29, 0.717) is 10.7 Å². The average molecular weight is 220 g/mol. The summed E-state index contributed by atoms with van der Waals surface area (Å²) in [6.07, 6.45) is 4.87. The van der Waals surface area contributed by atoms with Crippen LogP contribution in [0.3, 0.4) is 0 Å². The minimum atomic E-state index is -0.623. The van der Waals surface area contributed by atoms with Crippen molar-refractivity contribution < 1.29 is 10.4 Å². The van der Waals surface area contributed by atoms with Crippen molar-refractivity contribution in [3.8, 4) is 0 Å². The van der Waals surface area contributed by atoms with Crippen LogP contribution in [0.25, 0.3) is 0 Å². The fourth-order valence-corrected chi connectivity index (χ4v) is 2.90. The van der Waals surface area contributed by atoms with Crippen LogP contribution in [-0.2, 0) is 0 Å². The highest BCUT2D eigenvalue weighted by molar-refractivity contribution is 5.07. The van der Waals surface area contributed by atoms with Crippen molar-refractivity contribution in [3.63, 3.8) is 0 Å². The second kappa shape index (κ2) is 3.20. The molecule has 0 saturated heterocycles. The quantitative estimate of drug-likeness (QED) is 0.482. The van der Waals surface area contributed by atoms with E-state index in [0.717, 1.165) is 25.7 Å². The molecule has 2 N–H and O–H groups in total. The highest BCUT2D eigenvalue weighted by Crippen LogP contribution is 2.29. The van der Waals surface area contributed by atoms with Crippen molar-refractivity contribution in [2.75, 3.05) is 0 Å². The highest BCUT2D eigenvalue weighted by atomic mass is 16.5. The lowest BCUT2D eigenvalue weighted by Gasteiger charge is -2.20. The monoisotopic (exact) mass is 220 g/mol. The van der Waals surface area contributed by atoms with Crippen molar-refractivity contribution in [2.24, 2.45) is 0 Å². The largest absolute Gasteiger partial charge is 0.441 e. The van der Waals surface area contributed by atoms with Gasteiger partial charge in [-0.3, -0.25) is 10.4 Å². The van der Waals surface area contributed by atoms with Crippen LogP contribution in [0.5, 0.6) is 0 Å². The van der Waals surface area contributed by atoms with Crippen LogP contribution in [0.15, 0.2) is 24.3 Å². The molecule has 4 heteroatoms. The van der Waals surface area contributed by atoms with Crippen molar-refractivity contribution in [1.82, 2.24) is 9.48 Å². The minimum absolute atomic E-state index is 0.623. The summed E-state index contributed by atoms with van der Waals surface area (Å²) in [6, 6.07) is 7.42. The van der Waals surface area contributed by atoms with Crippen LogP contribution in [0.2, 0.25) is 0 Å². The number of nitrogens with zero attached hydrogens (tertiary/aromatic N) is 2. The van der Waals surface area contributed by atoms with Gasteiger partial charge in [0.15, 0.2) is 0 Å². The fraction of sp³-hybridized carbons (Fsp3) is 0.500. The van der Waals surface area contributed by atoms with E-state index in [1.54, 1.807) is 0 Å². The summed E-state index contributed by atoms with van der Waals surface area (Å²) in [4.78, 5) is 0. The molecule has 0 unspecified atom stereocenters. The molecule has 0 atom stereocenters. The number of benzene rings is 1. The molecule has 84 valence electrons. The molecule has 1 aliphatic heterocycles. The molecule has 0 aromatic heterocycles. The molecule has 0 bridgehead atoms. The molecule has 0 radical (unpaired) electrons. The molecular weight excluding hydrogens is 204 g/mol. The first-order valence-corrected chi connectivity index (χ1v) is 5.83. The van der Waals surface area contributed by atoms with Gasteiger partial charge in [-0.05, 0) is 12.8 Å². The molecule has 0 amide bonds. The molecule has 1 aliphatic carbocycles. The topological polar surface area (TPSA) is 46.5 Å². The van der Waals surface area contributed by atoms with Crippen LogP contribution in [0.1, 0.15) is 32.1 Å². The van der Waals surface area contributed by atoms with Gasteiger partial charge in [0.1, 0.15) is 0 Å². The Morgan fingerprint density at radius 1 is 0.875 bits per heavy atom. The highest BCUT2D eigenvalue weighted by Gasteiger charge is 2.60. The fourth-order valence-electron chi connectivity index (χ4n) is 2.90. The van der Waals surface area contributed by atoms with Crippen LogP contribution >= 0.6 is 0 Å². The number of fused-ring (bicyclic) bond motifs is 1. The molecule has 2 aliphatic rings. The Kier molecular flexibility index (Phi) is 1.93. The van der Waals surface area contributed by atoms with Crippen LogP contribution in [0.4, 0.5) is 0 Å². The van der Waals surface area contributed by atoms with Gasteiger partial charge in [-0.15, -0.1) is 0 Å². The number of hydrogen-bond donors (Lipinski definition) is 2. The van der Waals surface area contributed by atoms with Crippen molar-refractivity contribution >= 4 is 0 Å². The predicted octanol–water partition coefficient (Wildman–Crippen LogP) is 0.121. The summed E-state index contributed by atoms with van der Waals surface area (Å²) >= 11 is 0. The summed E-state index contributed by atoms with van der Waals surface area (Å²) in [5, 5.41) is 21.9. The van der Waals surface area contributed by atoms with Crippen molar-refractivity contribution in [1.29, 1.82) is 0 Å². The SMILES string of the molecule is O[N+]1=c2ccccc2=[N+](O)C12CCCCC2. The third-order valence-corrected chi connectivity index (χ3v) is 3.78. The van der Waals surface area contributed by atoms with Gasteiger partial charge in [-0.2, -0.15) is 0 Å². The second-order valence-corrected chi connectivity index (χ2v) is 4.66. The third-order valence-electron chi connectivity index (χ3n) is 3.78. The Balaban J connectivity index is 2.30. The van der Waals surface area contributed by atoms with Gasteiger partial charge in [-0.1, -0.05) is 18.6 Å². The first kappa shape index (κ1) is 9.63. The molecule has 1 aromatic rings. The number of rotatable bonds is 0. The van der Waals surface area contributed by atoms with Gasteiger partial charge >= 0.3 is 16.4 Å². The van der Waals surface area contributed by atoms with E-state index in [1.165, 1.54) is 15.9 Å². The van der Waals surface area contributed by atoms with E-state index in [2.05, 4.69) is 0 Å². The maximum absolute atomic E-state index is 10.3. The van der Waals surface area contributed by atoms with Gasteiger partial charge < -0.3 is 0 Å². The normalized spacial score (nSPS) is 22.5. The number of hydrogen-bond acceptors (Lipinski definition) is 2. The Labute approximate surface area is 93.3 Å². The Morgan fingerprint density at radius 3 is 1.88 bits per heavy atom. The molecule has 1 saturated carbocycles. The Bertz CT molecular complexity index is 501. The zero-order chi connectivity index (χ0) is 11.2. The van der Waals surface area contributed by atoms with Crippen molar-refractivity contribution in [3.05, 3.63) is 35.0 Å². The molecule has 1 heterocycles. The average Bonchev–Trinajstić information content (AvgIpc) is 2.55. The molecule has 1 fully saturated rings. The van der Waals surface area contributed by atoms with Crippen LogP contribution in [-0.4, -0.2) is 16.1 Å². The van der Waals surface area contributed by atoms with E-state index < -0.39 is 5.66 Å². The standard InChI is InChI=1S/C12H16N2O2/c15-13-10-6-2-3-7-11(10)14(16)12(13)8-4-1-5-9-12/h2-3,6-7,15-16H,1,4-5,8-9H2/q+2. The zero-order valence-electron chi connectivity index (χ0n) is 9.13. The lowest BCUT2D eigenvalue weighted by Crippen LogP contribution is -2.55. The van der Waals surface area contributed by atoms with Gasteiger partial charge in [0, 0.05) is 12.1 Å². The predicted molar refractivity (Wildman–Crippen MR) is 57.6 cm³/mol. The lowest BCUT2D eigenvalue weighted by molar-refractivity contribution is -0.116. The van der Waals surface area contributed by atoms with Gasteiger partial charge in [0.05, 0.1) is 22.3 Å². The molecule has 1 spiro atoms. The summed E-state index contributed by atoms with van der Waals surface area (Å²) < 4.78 is 2.50. The first-order chi connectivity index (χ1) is 7.76. The van der Waals surface area contributed by atoms with E-state index in [4.69, 9.17) is 0 Å².